The fraction of sp³-hybridized carbons (Fsp3) is 0.296. The molecule has 10 heteroatoms. The summed E-state index contributed by atoms with van der Waals surface area (Å²) in [5.74, 6) is 0.554. The summed E-state index contributed by atoms with van der Waals surface area (Å²) in [5, 5.41) is 3.53. The van der Waals surface area contributed by atoms with Crippen LogP contribution < -0.4 is 5.32 Å². The second-order valence-electron chi connectivity index (χ2n) is 9.50. The quantitative estimate of drug-likeness (QED) is 0.474. The largest absolute Gasteiger partial charge is 0.349 e. The molecule has 1 aliphatic heterocycles. The summed E-state index contributed by atoms with van der Waals surface area (Å²) in [5.41, 5.74) is 1.87. The average molecular weight is 539 g/mol. The first-order valence-electron chi connectivity index (χ1n) is 12.0. The molecule has 8 nitrogen and oxygen atoms in total. The maximum absolute atomic E-state index is 13.5. The maximum Gasteiger partial charge on any atom is 0.251 e. The minimum absolute atomic E-state index is 0.0723. The number of hydrogen-bond donors (Lipinski definition) is 1. The number of benzene rings is 2. The van der Waals surface area contributed by atoms with Gasteiger partial charge in [-0.15, -0.1) is 0 Å². The van der Waals surface area contributed by atoms with E-state index in [1.165, 1.54) is 16.4 Å². The van der Waals surface area contributed by atoms with Gasteiger partial charge in [-0.2, -0.15) is 4.31 Å². The lowest BCUT2D eigenvalue weighted by atomic mass is 10.1. The summed E-state index contributed by atoms with van der Waals surface area (Å²) in [7, 11) is -3.84. The number of aromatic nitrogens is 1. The van der Waals surface area contributed by atoms with Crippen molar-refractivity contribution in [2.75, 3.05) is 13.1 Å². The summed E-state index contributed by atoms with van der Waals surface area (Å²) >= 11 is 5.96. The highest BCUT2D eigenvalue weighted by Gasteiger charge is 2.57. The SMILES string of the molecule is CC(=O)N1C[C@@H]2[C@H](C1)[C@H]2NC(=O)c1ccc(CN(Cc2ccccn2)S(=O)(=O)c2ccc(Cl)cc2)cc1. The molecule has 1 aromatic heterocycles. The van der Waals surface area contributed by atoms with E-state index in [-0.39, 0.29) is 35.8 Å². The van der Waals surface area contributed by atoms with Gasteiger partial charge in [-0.1, -0.05) is 29.8 Å². The first-order chi connectivity index (χ1) is 17.7. The molecular weight excluding hydrogens is 512 g/mol. The molecule has 2 amide bonds. The maximum atomic E-state index is 13.5. The van der Waals surface area contributed by atoms with Crippen LogP contribution in [-0.2, 0) is 27.9 Å². The Kier molecular flexibility index (Phi) is 7.02. The Bertz CT molecular complexity index is 1390. The molecule has 0 spiro atoms. The standard InChI is InChI=1S/C27H27ClN4O4S/c1-18(33)31-16-24-25(17-31)26(24)30-27(34)20-7-5-19(6-8-20)14-32(15-22-4-2-3-13-29-22)37(35,36)23-11-9-21(28)10-12-23/h2-13,24-26H,14-17H2,1H3,(H,30,34)/t24-,25+,26+. The van der Waals surface area contributed by atoms with Crippen molar-refractivity contribution in [1.82, 2.24) is 19.5 Å². The van der Waals surface area contributed by atoms with Gasteiger partial charge in [-0.05, 0) is 54.1 Å². The van der Waals surface area contributed by atoms with Crippen LogP contribution in [0.5, 0.6) is 0 Å². The molecule has 1 saturated carbocycles. The van der Waals surface area contributed by atoms with Crippen LogP contribution in [0, 0.1) is 11.8 Å². The van der Waals surface area contributed by atoms with Crippen molar-refractivity contribution in [1.29, 1.82) is 0 Å². The van der Waals surface area contributed by atoms with Gasteiger partial charge in [0.15, 0.2) is 0 Å². The molecule has 2 aromatic carbocycles. The number of nitrogens with one attached hydrogen (secondary N) is 1. The van der Waals surface area contributed by atoms with E-state index >= 15 is 0 Å². The Hall–Kier alpha value is -3.27. The van der Waals surface area contributed by atoms with Gasteiger partial charge in [0, 0.05) is 61.2 Å². The Balaban J connectivity index is 1.28. The molecule has 0 unspecified atom stereocenters. The summed E-state index contributed by atoms with van der Waals surface area (Å²) in [6.45, 7) is 3.15. The topological polar surface area (TPSA) is 99.7 Å². The van der Waals surface area contributed by atoms with E-state index in [2.05, 4.69) is 10.3 Å². The lowest BCUT2D eigenvalue weighted by Gasteiger charge is -2.22. The van der Waals surface area contributed by atoms with E-state index in [4.69, 9.17) is 11.6 Å². The molecule has 2 fully saturated rings. The van der Waals surface area contributed by atoms with Gasteiger partial charge in [0.2, 0.25) is 15.9 Å². The zero-order chi connectivity index (χ0) is 26.2. The molecule has 2 aliphatic rings. The van der Waals surface area contributed by atoms with Crippen LogP contribution in [0.2, 0.25) is 5.02 Å². The molecule has 1 aliphatic carbocycles. The number of halogens is 1. The number of carbonyl (C=O) groups excluding carboxylic acids is 2. The number of piperidine rings is 1. The fourth-order valence-corrected chi connectivity index (χ4v) is 6.38. The highest BCUT2D eigenvalue weighted by atomic mass is 35.5. The van der Waals surface area contributed by atoms with Gasteiger partial charge < -0.3 is 10.2 Å². The number of fused-ring (bicyclic) bond motifs is 1. The van der Waals surface area contributed by atoms with Crippen molar-refractivity contribution in [3.8, 4) is 0 Å². The van der Waals surface area contributed by atoms with Gasteiger partial charge in [0.05, 0.1) is 17.1 Å². The molecular formula is C27H27ClN4O4S. The minimum Gasteiger partial charge on any atom is -0.349 e. The van der Waals surface area contributed by atoms with E-state index in [0.717, 1.165) is 5.56 Å². The molecule has 37 heavy (non-hydrogen) atoms. The number of pyridine rings is 1. The van der Waals surface area contributed by atoms with Crippen molar-refractivity contribution in [2.24, 2.45) is 11.8 Å². The summed E-state index contributed by atoms with van der Waals surface area (Å²) in [6, 6.07) is 18.5. The zero-order valence-electron chi connectivity index (χ0n) is 20.2. The number of amides is 2. The Morgan fingerprint density at radius 1 is 1.00 bits per heavy atom. The van der Waals surface area contributed by atoms with Gasteiger partial charge in [-0.3, -0.25) is 14.6 Å². The first kappa shape index (κ1) is 25.4. The second-order valence-corrected chi connectivity index (χ2v) is 11.9. The van der Waals surface area contributed by atoms with E-state index in [0.29, 0.717) is 41.2 Å². The van der Waals surface area contributed by atoms with Crippen molar-refractivity contribution in [2.45, 2.75) is 31.0 Å². The molecule has 0 bridgehead atoms. The molecule has 1 N–H and O–H groups in total. The lowest BCUT2D eigenvalue weighted by molar-refractivity contribution is -0.128. The summed E-state index contributed by atoms with van der Waals surface area (Å²) in [4.78, 5) is 30.5. The van der Waals surface area contributed by atoms with Gasteiger partial charge >= 0.3 is 0 Å². The number of hydrogen-bond acceptors (Lipinski definition) is 5. The van der Waals surface area contributed by atoms with Crippen LogP contribution in [-0.4, -0.2) is 53.6 Å². The highest BCUT2D eigenvalue weighted by molar-refractivity contribution is 7.89. The Morgan fingerprint density at radius 3 is 2.27 bits per heavy atom. The number of sulfonamides is 1. The smallest absolute Gasteiger partial charge is 0.251 e. The van der Waals surface area contributed by atoms with Crippen LogP contribution in [0.15, 0.2) is 77.8 Å². The van der Waals surface area contributed by atoms with Crippen molar-refractivity contribution in [3.05, 3.63) is 94.8 Å². The molecule has 1 saturated heterocycles. The van der Waals surface area contributed by atoms with E-state index in [9.17, 15) is 18.0 Å². The number of likely N-dealkylation sites (tertiary alicyclic amines) is 1. The number of rotatable bonds is 8. The van der Waals surface area contributed by atoms with Crippen LogP contribution >= 0.6 is 11.6 Å². The van der Waals surface area contributed by atoms with Crippen LogP contribution in [0.25, 0.3) is 0 Å². The minimum atomic E-state index is -3.84. The predicted octanol–water partition coefficient (Wildman–Crippen LogP) is 3.33. The van der Waals surface area contributed by atoms with Gasteiger partial charge in [0.1, 0.15) is 0 Å². The molecule has 3 aromatic rings. The summed E-state index contributed by atoms with van der Waals surface area (Å²) in [6.07, 6.45) is 1.63. The fourth-order valence-electron chi connectivity index (χ4n) is 4.85. The average Bonchev–Trinajstić information content (AvgIpc) is 3.31. The van der Waals surface area contributed by atoms with Crippen molar-refractivity contribution in [3.63, 3.8) is 0 Å². The third-order valence-corrected chi connectivity index (χ3v) is 9.09. The Morgan fingerprint density at radius 2 is 1.68 bits per heavy atom. The summed E-state index contributed by atoms with van der Waals surface area (Å²) < 4.78 is 28.3. The van der Waals surface area contributed by atoms with E-state index < -0.39 is 10.0 Å². The molecule has 192 valence electrons. The number of nitrogens with zero attached hydrogens (tertiary/aromatic N) is 3. The number of carbonyl (C=O) groups is 2. The van der Waals surface area contributed by atoms with E-state index in [1.807, 2.05) is 11.0 Å². The molecule has 2 heterocycles. The van der Waals surface area contributed by atoms with Crippen LogP contribution in [0.3, 0.4) is 0 Å². The van der Waals surface area contributed by atoms with E-state index in [1.54, 1.807) is 61.7 Å². The molecule has 3 atom stereocenters. The zero-order valence-corrected chi connectivity index (χ0v) is 21.8. The lowest BCUT2D eigenvalue weighted by Crippen LogP contribution is -2.36. The second kappa shape index (κ2) is 10.2. The van der Waals surface area contributed by atoms with Crippen LogP contribution in [0.1, 0.15) is 28.5 Å². The highest BCUT2D eigenvalue weighted by Crippen LogP contribution is 2.45. The van der Waals surface area contributed by atoms with Crippen LogP contribution in [0.4, 0.5) is 0 Å². The molecule has 5 rings (SSSR count). The Labute approximate surface area is 221 Å². The van der Waals surface area contributed by atoms with Crippen molar-refractivity contribution < 1.29 is 18.0 Å². The normalized spacial score (nSPS) is 20.5. The third kappa shape index (κ3) is 5.53. The predicted molar refractivity (Wildman–Crippen MR) is 139 cm³/mol. The van der Waals surface area contributed by atoms with Gasteiger partial charge in [0.25, 0.3) is 5.91 Å². The molecule has 0 radical (unpaired) electrons. The first-order valence-corrected chi connectivity index (χ1v) is 13.8. The third-order valence-electron chi connectivity index (χ3n) is 7.03. The van der Waals surface area contributed by atoms with Gasteiger partial charge in [-0.25, -0.2) is 8.42 Å². The van der Waals surface area contributed by atoms with Crippen molar-refractivity contribution >= 4 is 33.4 Å². The monoisotopic (exact) mass is 538 g/mol.